The highest BCUT2D eigenvalue weighted by Crippen LogP contribution is 2.36. The third-order valence-electron chi connectivity index (χ3n) is 3.99. The summed E-state index contributed by atoms with van der Waals surface area (Å²) in [4.78, 5) is 34.5. The fourth-order valence-corrected chi connectivity index (χ4v) is 2.56. The Bertz CT molecular complexity index is 897. The number of nitro benzene ring substituents is 2. The maximum absolute atomic E-state index is 12.1. The molecule has 0 saturated carbocycles. The van der Waals surface area contributed by atoms with E-state index in [1.54, 1.807) is 12.1 Å². The van der Waals surface area contributed by atoms with Crippen LogP contribution >= 0.6 is 0 Å². The average molecular weight is 389 g/mol. The van der Waals surface area contributed by atoms with E-state index in [-0.39, 0.29) is 24.4 Å². The molecule has 10 nitrogen and oxygen atoms in total. The predicted molar refractivity (Wildman–Crippen MR) is 101 cm³/mol. The molecule has 0 N–H and O–H groups in total. The molecule has 0 aliphatic heterocycles. The van der Waals surface area contributed by atoms with Crippen molar-refractivity contribution in [1.29, 1.82) is 0 Å². The highest BCUT2D eigenvalue weighted by atomic mass is 16.6. The molecule has 2 rings (SSSR count). The van der Waals surface area contributed by atoms with E-state index in [9.17, 15) is 25.0 Å². The van der Waals surface area contributed by atoms with Crippen molar-refractivity contribution >= 4 is 23.0 Å². The fourth-order valence-electron chi connectivity index (χ4n) is 2.56. The number of benzene rings is 2. The summed E-state index contributed by atoms with van der Waals surface area (Å²) in [6.07, 6.45) is 0. The minimum Gasteiger partial charge on any atom is -0.492 e. The number of hydrogen-bond acceptors (Lipinski definition) is 8. The Morgan fingerprint density at radius 1 is 1.11 bits per heavy atom. The number of esters is 1. The normalized spacial score (nSPS) is 10.2. The molecule has 0 spiro atoms. The summed E-state index contributed by atoms with van der Waals surface area (Å²) in [5, 5.41) is 22.5. The number of nitro groups is 2. The smallest absolute Gasteiger partial charge is 0.340 e. The van der Waals surface area contributed by atoms with Crippen molar-refractivity contribution in [3.05, 3.63) is 67.8 Å². The lowest BCUT2D eigenvalue weighted by atomic mass is 10.1. The lowest BCUT2D eigenvalue weighted by Crippen LogP contribution is -2.26. The maximum Gasteiger partial charge on any atom is 0.340 e. The van der Waals surface area contributed by atoms with Gasteiger partial charge < -0.3 is 14.4 Å². The molecule has 0 heterocycles. The molecule has 10 heteroatoms. The number of rotatable bonds is 8. The van der Waals surface area contributed by atoms with E-state index in [2.05, 4.69) is 4.74 Å². The van der Waals surface area contributed by atoms with Gasteiger partial charge in [0, 0.05) is 13.1 Å². The Hall–Kier alpha value is -3.69. The molecular formula is C18H19N3O7. The Labute approximate surface area is 160 Å². The van der Waals surface area contributed by atoms with Crippen molar-refractivity contribution in [2.75, 3.05) is 32.2 Å². The molecule has 0 aromatic heterocycles. The lowest BCUT2D eigenvalue weighted by molar-refractivity contribution is -0.393. The van der Waals surface area contributed by atoms with Crippen molar-refractivity contribution < 1.29 is 24.1 Å². The molecular weight excluding hydrogens is 370 g/mol. The number of likely N-dealkylation sites (N-methyl/N-ethyl adjacent to an activating group) is 1. The molecule has 0 aliphatic carbocycles. The van der Waals surface area contributed by atoms with Crippen molar-refractivity contribution in [2.24, 2.45) is 0 Å². The zero-order chi connectivity index (χ0) is 20.8. The molecule has 0 saturated heterocycles. The van der Waals surface area contributed by atoms with Gasteiger partial charge in [-0.05, 0) is 19.1 Å². The van der Waals surface area contributed by atoms with E-state index in [1.165, 1.54) is 11.9 Å². The summed E-state index contributed by atoms with van der Waals surface area (Å²) in [5.41, 5.74) is -0.391. The van der Waals surface area contributed by atoms with Crippen LogP contribution in [0.4, 0.5) is 17.1 Å². The van der Waals surface area contributed by atoms with Gasteiger partial charge in [-0.3, -0.25) is 20.2 Å². The summed E-state index contributed by atoms with van der Waals surface area (Å²) in [6.45, 7) is 2.31. The number of anilines is 1. The molecule has 28 heavy (non-hydrogen) atoms. The Kier molecular flexibility index (Phi) is 6.48. The molecule has 0 aliphatic rings. The van der Waals surface area contributed by atoms with Gasteiger partial charge in [-0.15, -0.1) is 0 Å². The molecule has 2 aromatic rings. The van der Waals surface area contributed by atoms with Gasteiger partial charge in [0.25, 0.3) is 11.4 Å². The summed E-state index contributed by atoms with van der Waals surface area (Å²) in [6, 6.07) is 9.14. The van der Waals surface area contributed by atoms with Gasteiger partial charge in [-0.2, -0.15) is 0 Å². The van der Waals surface area contributed by atoms with E-state index in [1.807, 2.05) is 19.1 Å². The number of hydrogen-bond donors (Lipinski definition) is 0. The molecule has 0 amide bonds. The molecule has 0 bridgehead atoms. The summed E-state index contributed by atoms with van der Waals surface area (Å²) in [5.74, 6) is -0.279. The van der Waals surface area contributed by atoms with Gasteiger partial charge in [-0.1, -0.05) is 17.7 Å². The van der Waals surface area contributed by atoms with Crippen molar-refractivity contribution in [2.45, 2.75) is 6.92 Å². The second-order valence-electron chi connectivity index (χ2n) is 5.95. The number of nitrogens with zero attached hydrogens (tertiary/aromatic N) is 3. The van der Waals surface area contributed by atoms with Crippen LogP contribution in [0.3, 0.4) is 0 Å². The van der Waals surface area contributed by atoms with Gasteiger partial charge in [-0.25, -0.2) is 4.79 Å². The van der Waals surface area contributed by atoms with E-state index in [4.69, 9.17) is 4.74 Å². The molecule has 0 fully saturated rings. The first-order chi connectivity index (χ1) is 13.2. The van der Waals surface area contributed by atoms with Gasteiger partial charge >= 0.3 is 5.97 Å². The first-order valence-electron chi connectivity index (χ1n) is 8.20. The highest BCUT2D eigenvalue weighted by molar-refractivity contribution is 5.99. The van der Waals surface area contributed by atoms with Crippen molar-refractivity contribution in [3.63, 3.8) is 0 Å². The largest absolute Gasteiger partial charge is 0.492 e. The number of non-ortho nitro benzene ring substituents is 1. The van der Waals surface area contributed by atoms with Crippen LogP contribution in [0.5, 0.6) is 5.75 Å². The minimum absolute atomic E-state index is 0.0741. The van der Waals surface area contributed by atoms with Crippen LogP contribution in [-0.4, -0.2) is 43.1 Å². The lowest BCUT2D eigenvalue weighted by Gasteiger charge is -2.21. The van der Waals surface area contributed by atoms with Crippen LogP contribution in [-0.2, 0) is 4.74 Å². The summed E-state index contributed by atoms with van der Waals surface area (Å²) < 4.78 is 10.2. The van der Waals surface area contributed by atoms with E-state index < -0.39 is 27.2 Å². The van der Waals surface area contributed by atoms with E-state index >= 15 is 0 Å². The predicted octanol–water partition coefficient (Wildman–Crippen LogP) is 3.11. The third kappa shape index (κ3) is 4.72. The zero-order valence-corrected chi connectivity index (χ0v) is 15.6. The average Bonchev–Trinajstić information content (AvgIpc) is 2.67. The van der Waals surface area contributed by atoms with Gasteiger partial charge in [0.05, 0.1) is 35.1 Å². The van der Waals surface area contributed by atoms with E-state index in [0.717, 1.165) is 24.8 Å². The van der Waals surface area contributed by atoms with Crippen LogP contribution in [0.15, 0.2) is 36.4 Å². The summed E-state index contributed by atoms with van der Waals surface area (Å²) >= 11 is 0. The standard InChI is InChI=1S/C18H19N3O7/c1-12-4-6-14(7-5-12)28-9-8-19(2)17-15(18(22)27-3)10-13(20(23)24)11-16(17)21(25)26/h4-7,10-11H,8-9H2,1-3H3. The first-order valence-corrected chi connectivity index (χ1v) is 8.20. The molecule has 0 atom stereocenters. The Morgan fingerprint density at radius 2 is 1.75 bits per heavy atom. The molecule has 0 radical (unpaired) electrons. The second kappa shape index (κ2) is 8.80. The van der Waals surface area contributed by atoms with Gasteiger partial charge in [0.2, 0.25) is 0 Å². The molecule has 0 unspecified atom stereocenters. The highest BCUT2D eigenvalue weighted by Gasteiger charge is 2.30. The number of carbonyl (C=O) groups is 1. The van der Waals surface area contributed by atoms with Gasteiger partial charge in [0.1, 0.15) is 18.0 Å². The summed E-state index contributed by atoms with van der Waals surface area (Å²) in [7, 11) is 2.62. The minimum atomic E-state index is -0.909. The van der Waals surface area contributed by atoms with Crippen molar-refractivity contribution in [1.82, 2.24) is 0 Å². The number of ether oxygens (including phenoxy) is 2. The van der Waals surface area contributed by atoms with Crippen LogP contribution in [0, 0.1) is 27.2 Å². The van der Waals surface area contributed by atoms with Crippen LogP contribution in [0.25, 0.3) is 0 Å². The molecule has 2 aromatic carbocycles. The van der Waals surface area contributed by atoms with Gasteiger partial charge in [0.15, 0.2) is 0 Å². The zero-order valence-electron chi connectivity index (χ0n) is 15.6. The maximum atomic E-state index is 12.1. The van der Waals surface area contributed by atoms with Crippen molar-refractivity contribution in [3.8, 4) is 5.75 Å². The number of aryl methyl sites for hydroxylation is 1. The topological polar surface area (TPSA) is 125 Å². The number of carbonyl (C=O) groups excluding carboxylic acids is 1. The molecule has 148 valence electrons. The Balaban J connectivity index is 2.32. The fraction of sp³-hybridized carbons (Fsp3) is 0.278. The monoisotopic (exact) mass is 389 g/mol. The second-order valence-corrected chi connectivity index (χ2v) is 5.95. The SMILES string of the molecule is COC(=O)c1cc([N+](=O)[O-])cc([N+](=O)[O-])c1N(C)CCOc1ccc(C)cc1. The first kappa shape index (κ1) is 20.6. The number of methoxy groups -OCH3 is 1. The third-order valence-corrected chi connectivity index (χ3v) is 3.99. The van der Waals surface area contributed by atoms with E-state index in [0.29, 0.717) is 5.75 Å². The van der Waals surface area contributed by atoms with Crippen LogP contribution in [0.1, 0.15) is 15.9 Å². The Morgan fingerprint density at radius 3 is 2.29 bits per heavy atom. The van der Waals surface area contributed by atoms with Crippen LogP contribution in [0.2, 0.25) is 0 Å². The van der Waals surface area contributed by atoms with Crippen LogP contribution < -0.4 is 9.64 Å². The quantitative estimate of drug-likeness (QED) is 0.383.